The Morgan fingerprint density at radius 3 is 2.73 bits per heavy atom. The minimum atomic E-state index is -0.902. The summed E-state index contributed by atoms with van der Waals surface area (Å²) in [4.78, 5) is 23.7. The van der Waals surface area contributed by atoms with E-state index < -0.39 is 11.8 Å². The number of hydrazone groups is 1. The molecule has 134 valence electrons. The molecular weight excluding hydrogens is 406 g/mol. The van der Waals surface area contributed by atoms with Crippen molar-refractivity contribution in [1.29, 1.82) is 0 Å². The molecule has 0 saturated carbocycles. The van der Waals surface area contributed by atoms with Gasteiger partial charge in [0.2, 0.25) is 6.79 Å². The number of hydrogen-bond acceptors (Lipinski definition) is 6. The van der Waals surface area contributed by atoms with Gasteiger partial charge in [-0.15, -0.1) is 0 Å². The van der Waals surface area contributed by atoms with Crippen LogP contribution in [0.4, 0.5) is 5.69 Å². The Morgan fingerprint density at radius 2 is 1.96 bits per heavy atom. The number of amides is 2. The molecular formula is C17H14BrN3O5. The molecule has 2 N–H and O–H groups in total. The standard InChI is InChI=1S/C17H14BrN3O5/c1-24-12-4-2-3-11(6-12)20-16(22)17(23)21-19-8-10-5-14-15(7-13(10)18)26-9-25-14/h2-8H,9H2,1H3,(H,20,22)(H,21,23)/b19-8-. The quantitative estimate of drug-likeness (QED) is 0.449. The Morgan fingerprint density at radius 1 is 1.19 bits per heavy atom. The van der Waals surface area contributed by atoms with Crippen LogP contribution in [0.15, 0.2) is 46.0 Å². The molecule has 2 amide bonds. The van der Waals surface area contributed by atoms with Gasteiger partial charge < -0.3 is 19.5 Å². The van der Waals surface area contributed by atoms with Crippen LogP contribution in [0.2, 0.25) is 0 Å². The lowest BCUT2D eigenvalue weighted by Crippen LogP contribution is -2.32. The molecule has 0 radical (unpaired) electrons. The van der Waals surface area contributed by atoms with Crippen LogP contribution in [0.5, 0.6) is 17.2 Å². The molecule has 3 rings (SSSR count). The highest BCUT2D eigenvalue weighted by molar-refractivity contribution is 9.10. The lowest BCUT2D eigenvalue weighted by molar-refractivity contribution is -0.136. The monoisotopic (exact) mass is 419 g/mol. The zero-order chi connectivity index (χ0) is 18.5. The van der Waals surface area contributed by atoms with E-state index in [0.717, 1.165) is 0 Å². The van der Waals surface area contributed by atoms with Crippen LogP contribution in [0.3, 0.4) is 0 Å². The van der Waals surface area contributed by atoms with Crippen LogP contribution in [-0.2, 0) is 9.59 Å². The number of rotatable bonds is 4. The Labute approximate surface area is 157 Å². The number of fused-ring (bicyclic) bond motifs is 1. The maximum Gasteiger partial charge on any atom is 0.329 e. The molecule has 8 nitrogen and oxygen atoms in total. The molecule has 1 aliphatic rings. The summed E-state index contributed by atoms with van der Waals surface area (Å²) in [5.41, 5.74) is 3.26. The second-order valence-electron chi connectivity index (χ2n) is 5.11. The van der Waals surface area contributed by atoms with Crippen LogP contribution < -0.4 is 25.0 Å². The summed E-state index contributed by atoms with van der Waals surface area (Å²) < 4.78 is 16.3. The number of anilines is 1. The van der Waals surface area contributed by atoms with Gasteiger partial charge in [-0.05, 0) is 40.2 Å². The van der Waals surface area contributed by atoms with Gasteiger partial charge in [0.05, 0.1) is 13.3 Å². The number of nitrogens with zero attached hydrogens (tertiary/aromatic N) is 1. The summed E-state index contributed by atoms with van der Waals surface area (Å²) in [6, 6.07) is 10.1. The van der Waals surface area contributed by atoms with Gasteiger partial charge in [-0.25, -0.2) is 5.43 Å². The summed E-state index contributed by atoms with van der Waals surface area (Å²) in [7, 11) is 1.51. The first kappa shape index (κ1) is 17.7. The van der Waals surface area contributed by atoms with Crippen molar-refractivity contribution < 1.29 is 23.8 Å². The van der Waals surface area contributed by atoms with Gasteiger partial charge in [0.1, 0.15) is 5.75 Å². The van der Waals surface area contributed by atoms with Gasteiger partial charge in [0.25, 0.3) is 0 Å². The van der Waals surface area contributed by atoms with Crippen molar-refractivity contribution in [1.82, 2.24) is 5.43 Å². The van der Waals surface area contributed by atoms with Crippen molar-refractivity contribution in [3.05, 3.63) is 46.4 Å². The second-order valence-corrected chi connectivity index (χ2v) is 5.97. The third-order valence-corrected chi connectivity index (χ3v) is 4.08. The van der Waals surface area contributed by atoms with E-state index in [0.29, 0.717) is 33.0 Å². The number of hydrogen-bond donors (Lipinski definition) is 2. The minimum Gasteiger partial charge on any atom is -0.497 e. The maximum absolute atomic E-state index is 11.9. The number of carbonyl (C=O) groups is 2. The van der Waals surface area contributed by atoms with Crippen molar-refractivity contribution in [2.75, 3.05) is 19.2 Å². The summed E-state index contributed by atoms with van der Waals surface area (Å²) in [6.45, 7) is 0.156. The predicted molar refractivity (Wildman–Crippen MR) is 97.6 cm³/mol. The van der Waals surface area contributed by atoms with Gasteiger partial charge in [-0.2, -0.15) is 5.10 Å². The Hall–Kier alpha value is -3.07. The highest BCUT2D eigenvalue weighted by Gasteiger charge is 2.16. The fraction of sp³-hybridized carbons (Fsp3) is 0.118. The number of carbonyl (C=O) groups excluding carboxylic acids is 2. The first-order chi connectivity index (χ1) is 12.6. The van der Waals surface area contributed by atoms with Crippen LogP contribution >= 0.6 is 15.9 Å². The average molecular weight is 420 g/mol. The van der Waals surface area contributed by atoms with Gasteiger partial charge >= 0.3 is 11.8 Å². The summed E-state index contributed by atoms with van der Waals surface area (Å²) in [6.07, 6.45) is 1.39. The van der Waals surface area contributed by atoms with Crippen molar-refractivity contribution in [3.63, 3.8) is 0 Å². The summed E-state index contributed by atoms with van der Waals surface area (Å²) in [5.74, 6) is 0.0162. The van der Waals surface area contributed by atoms with Crippen LogP contribution in [0.1, 0.15) is 5.56 Å². The number of halogens is 1. The normalized spacial score (nSPS) is 12.1. The van der Waals surface area contributed by atoms with Gasteiger partial charge in [0, 0.05) is 21.8 Å². The van der Waals surface area contributed by atoms with E-state index in [1.807, 2.05) is 0 Å². The predicted octanol–water partition coefficient (Wildman–Crippen LogP) is 2.28. The lowest BCUT2D eigenvalue weighted by atomic mass is 10.2. The van der Waals surface area contributed by atoms with Crippen LogP contribution in [0.25, 0.3) is 0 Å². The zero-order valence-corrected chi connectivity index (χ0v) is 15.2. The fourth-order valence-electron chi connectivity index (χ4n) is 2.13. The SMILES string of the molecule is COc1cccc(NC(=O)C(=O)N/N=C\c2cc3c(cc2Br)OCO3)c1. The molecule has 0 bridgehead atoms. The van der Waals surface area contributed by atoms with Gasteiger partial charge in [0.15, 0.2) is 11.5 Å². The molecule has 9 heteroatoms. The van der Waals surface area contributed by atoms with E-state index >= 15 is 0 Å². The Balaban J connectivity index is 1.59. The Kier molecular flexibility index (Phi) is 5.37. The average Bonchev–Trinajstić information content (AvgIpc) is 3.08. The van der Waals surface area contributed by atoms with E-state index in [-0.39, 0.29) is 6.79 Å². The minimum absolute atomic E-state index is 0.156. The molecule has 2 aromatic carbocycles. The fourth-order valence-corrected chi connectivity index (χ4v) is 2.56. The Bertz CT molecular complexity index is 885. The summed E-state index contributed by atoms with van der Waals surface area (Å²) in [5, 5.41) is 6.25. The van der Waals surface area contributed by atoms with Crippen LogP contribution in [-0.4, -0.2) is 31.9 Å². The highest BCUT2D eigenvalue weighted by atomic mass is 79.9. The van der Waals surface area contributed by atoms with Crippen LogP contribution in [0, 0.1) is 0 Å². The van der Waals surface area contributed by atoms with Crippen molar-refractivity contribution in [3.8, 4) is 17.2 Å². The number of nitrogens with one attached hydrogen (secondary N) is 2. The lowest BCUT2D eigenvalue weighted by Gasteiger charge is -2.06. The highest BCUT2D eigenvalue weighted by Crippen LogP contribution is 2.36. The van der Waals surface area contributed by atoms with E-state index in [9.17, 15) is 9.59 Å². The third-order valence-electron chi connectivity index (χ3n) is 3.40. The molecule has 0 aromatic heterocycles. The van der Waals surface area contributed by atoms with E-state index in [2.05, 4.69) is 31.8 Å². The van der Waals surface area contributed by atoms with E-state index in [4.69, 9.17) is 14.2 Å². The summed E-state index contributed by atoms with van der Waals surface area (Å²) >= 11 is 3.37. The molecule has 1 heterocycles. The molecule has 0 fully saturated rings. The second kappa shape index (κ2) is 7.87. The topological polar surface area (TPSA) is 98.2 Å². The molecule has 26 heavy (non-hydrogen) atoms. The first-order valence-electron chi connectivity index (χ1n) is 7.44. The molecule has 0 atom stereocenters. The third kappa shape index (κ3) is 4.12. The molecule has 1 aliphatic heterocycles. The molecule has 2 aromatic rings. The number of benzene rings is 2. The van der Waals surface area contributed by atoms with Crippen molar-refractivity contribution in [2.24, 2.45) is 5.10 Å². The maximum atomic E-state index is 11.9. The number of methoxy groups -OCH3 is 1. The first-order valence-corrected chi connectivity index (χ1v) is 8.23. The van der Waals surface area contributed by atoms with E-state index in [1.54, 1.807) is 36.4 Å². The largest absolute Gasteiger partial charge is 0.497 e. The molecule has 0 unspecified atom stereocenters. The molecule has 0 spiro atoms. The zero-order valence-electron chi connectivity index (χ0n) is 13.6. The van der Waals surface area contributed by atoms with E-state index in [1.165, 1.54) is 13.3 Å². The van der Waals surface area contributed by atoms with Gasteiger partial charge in [-0.3, -0.25) is 9.59 Å². The van der Waals surface area contributed by atoms with Crippen molar-refractivity contribution >= 4 is 39.6 Å². The molecule has 0 saturated heterocycles. The molecule has 0 aliphatic carbocycles. The van der Waals surface area contributed by atoms with Crippen molar-refractivity contribution in [2.45, 2.75) is 0 Å². The smallest absolute Gasteiger partial charge is 0.329 e. The van der Waals surface area contributed by atoms with Gasteiger partial charge in [-0.1, -0.05) is 6.07 Å². The number of ether oxygens (including phenoxy) is 3.